The van der Waals surface area contributed by atoms with Crippen LogP contribution in [0.2, 0.25) is 0 Å². The van der Waals surface area contributed by atoms with Gasteiger partial charge < -0.3 is 15.9 Å². The third kappa shape index (κ3) is 3.20. The molecule has 148 valence electrons. The molecule has 0 unspecified atom stereocenters. The number of aliphatic hydroxyl groups is 2. The number of benzene rings is 1. The zero-order valence-corrected chi connectivity index (χ0v) is 14.6. The number of nitrogens with two attached hydrogens (primary N) is 1. The van der Waals surface area contributed by atoms with Gasteiger partial charge in [-0.25, -0.2) is 9.97 Å². The predicted octanol–water partition coefficient (Wildman–Crippen LogP) is 2.18. The zero-order chi connectivity index (χ0) is 23.2. The predicted molar refractivity (Wildman–Crippen MR) is 95.9 cm³/mol. The summed E-state index contributed by atoms with van der Waals surface area (Å²) in [5, 5.41) is 23.1. The van der Waals surface area contributed by atoms with Crippen LogP contribution in [-0.4, -0.2) is 42.7 Å². The number of nitrogen functional groups attached to an aromatic ring is 1. The minimum atomic E-state index is -5.13. The van der Waals surface area contributed by atoms with Gasteiger partial charge in [0.1, 0.15) is 5.69 Å². The lowest BCUT2D eigenvalue weighted by atomic mass is 9.90. The molecule has 0 bridgehead atoms. The quantitative estimate of drug-likeness (QED) is 0.624. The highest BCUT2D eigenvalue weighted by Gasteiger charge is 2.54. The summed E-state index contributed by atoms with van der Waals surface area (Å²) < 4.78 is 63.5. The van der Waals surface area contributed by atoms with Crippen LogP contribution in [0.4, 0.5) is 19.0 Å². The van der Waals surface area contributed by atoms with Crippen LogP contribution in [0.15, 0.2) is 36.7 Å². The van der Waals surface area contributed by atoms with E-state index in [2.05, 4.69) is 15.1 Å². The summed E-state index contributed by atoms with van der Waals surface area (Å²) in [6, 6.07) is 4.80. The molecular weight excluding hydrogens is 375 g/mol. The Morgan fingerprint density at radius 3 is 2.68 bits per heavy atom. The van der Waals surface area contributed by atoms with E-state index in [9.17, 15) is 23.4 Å². The lowest BCUT2D eigenvalue weighted by Gasteiger charge is -2.29. The second-order valence-electron chi connectivity index (χ2n) is 6.16. The number of rotatable bonds is 4. The summed E-state index contributed by atoms with van der Waals surface area (Å²) in [4.78, 5) is 8.30. The molecule has 0 aliphatic heterocycles. The highest BCUT2D eigenvalue weighted by molar-refractivity contribution is 5.72. The second-order valence-corrected chi connectivity index (χ2v) is 6.16. The number of hydrogen-bond donors (Lipinski definition) is 3. The molecule has 0 saturated heterocycles. The Morgan fingerprint density at radius 1 is 1.29 bits per heavy atom. The van der Waals surface area contributed by atoms with Crippen molar-refractivity contribution in [2.45, 2.75) is 18.7 Å². The Morgan fingerprint density at radius 2 is 2.04 bits per heavy atom. The number of anilines is 1. The fourth-order valence-electron chi connectivity index (χ4n) is 2.70. The third-order valence-electron chi connectivity index (χ3n) is 4.38. The minimum absolute atomic E-state index is 0.0239. The van der Waals surface area contributed by atoms with Crippen molar-refractivity contribution in [1.29, 1.82) is 0 Å². The molecular formula is C18H18F3N5O2. The van der Waals surface area contributed by atoms with E-state index in [-0.39, 0.29) is 28.5 Å². The van der Waals surface area contributed by atoms with Gasteiger partial charge in [0, 0.05) is 22.8 Å². The van der Waals surface area contributed by atoms with E-state index in [1.165, 1.54) is 24.5 Å². The van der Waals surface area contributed by atoms with Crippen LogP contribution in [0.5, 0.6) is 0 Å². The van der Waals surface area contributed by atoms with E-state index in [1.54, 1.807) is 6.92 Å². The zero-order valence-electron chi connectivity index (χ0n) is 17.6. The maximum absolute atomic E-state index is 13.4. The van der Waals surface area contributed by atoms with E-state index in [0.29, 0.717) is 5.56 Å². The average molecular weight is 396 g/mol. The third-order valence-corrected chi connectivity index (χ3v) is 4.38. The Bertz CT molecular complexity index is 1120. The first kappa shape index (κ1) is 16.0. The Balaban J connectivity index is 2.18. The molecule has 3 rings (SSSR count). The summed E-state index contributed by atoms with van der Waals surface area (Å²) in [7, 11) is 0. The smallest absolute Gasteiger partial charge is 0.393 e. The molecule has 1 aromatic carbocycles. The van der Waals surface area contributed by atoms with Crippen molar-refractivity contribution >= 4 is 5.82 Å². The Hall–Kier alpha value is -2.98. The summed E-state index contributed by atoms with van der Waals surface area (Å²) in [5.41, 5.74) is 2.60. The summed E-state index contributed by atoms with van der Waals surface area (Å²) in [6.45, 7) is -2.59. The number of aliphatic hydroxyl groups excluding tert-OH is 1. The maximum atomic E-state index is 13.4. The van der Waals surface area contributed by atoms with Gasteiger partial charge >= 0.3 is 6.18 Å². The van der Waals surface area contributed by atoms with E-state index in [4.69, 9.17) is 9.85 Å². The number of hydrogen-bond acceptors (Lipinski definition) is 6. The molecule has 0 fully saturated rings. The molecule has 4 N–H and O–H groups in total. The molecule has 2 heterocycles. The van der Waals surface area contributed by atoms with Gasteiger partial charge in [-0.1, -0.05) is 12.1 Å². The van der Waals surface area contributed by atoms with Crippen LogP contribution in [0, 0.1) is 6.92 Å². The minimum Gasteiger partial charge on any atom is -0.393 e. The molecule has 28 heavy (non-hydrogen) atoms. The van der Waals surface area contributed by atoms with E-state index in [0.717, 1.165) is 16.8 Å². The Labute approximate surface area is 162 Å². The molecule has 0 radical (unpaired) electrons. The van der Waals surface area contributed by atoms with Gasteiger partial charge in [0.2, 0.25) is 5.60 Å². The van der Waals surface area contributed by atoms with Crippen LogP contribution in [0.3, 0.4) is 0 Å². The molecule has 7 nitrogen and oxygen atoms in total. The highest BCUT2D eigenvalue weighted by atomic mass is 19.4. The van der Waals surface area contributed by atoms with E-state index >= 15 is 0 Å². The monoisotopic (exact) mass is 396 g/mol. The number of nitrogens with zero attached hydrogens (tertiary/aromatic N) is 4. The van der Waals surface area contributed by atoms with Crippen molar-refractivity contribution in [2.75, 3.05) is 12.3 Å². The van der Waals surface area contributed by atoms with Gasteiger partial charge in [0.05, 0.1) is 24.2 Å². The normalized spacial score (nSPS) is 16.1. The average Bonchev–Trinajstić information content (AvgIpc) is 3.17. The van der Waals surface area contributed by atoms with Gasteiger partial charge in [0.25, 0.3) is 0 Å². The first-order valence-corrected chi connectivity index (χ1v) is 7.98. The number of aryl methyl sites for hydroxylation is 2. The van der Waals surface area contributed by atoms with Crippen LogP contribution in [-0.2, 0) is 12.6 Å². The van der Waals surface area contributed by atoms with Gasteiger partial charge in [-0.3, -0.25) is 4.68 Å². The molecule has 0 aliphatic carbocycles. The summed E-state index contributed by atoms with van der Waals surface area (Å²) >= 11 is 0. The van der Waals surface area contributed by atoms with Crippen molar-refractivity contribution in [1.82, 2.24) is 19.7 Å². The fraction of sp³-hybridized carbons (Fsp3) is 0.278. The summed E-state index contributed by atoms with van der Waals surface area (Å²) in [5.74, 6) is -0.106. The molecule has 1 atom stereocenters. The molecule has 0 aliphatic rings. The first-order valence-electron chi connectivity index (χ1n) is 9.48. The molecule has 0 saturated carbocycles. The van der Waals surface area contributed by atoms with E-state index in [1.807, 2.05) is 0 Å². The topological polar surface area (TPSA) is 110 Å². The molecule has 0 spiro atoms. The van der Waals surface area contributed by atoms with Crippen LogP contribution in [0.1, 0.15) is 15.2 Å². The van der Waals surface area contributed by atoms with Crippen LogP contribution in [0.25, 0.3) is 22.6 Å². The number of halogens is 3. The summed E-state index contributed by atoms with van der Waals surface area (Å²) in [6.07, 6.45) is -2.67. The van der Waals surface area contributed by atoms with Crippen molar-refractivity contribution in [3.8, 4) is 22.6 Å². The van der Waals surface area contributed by atoms with Crippen molar-refractivity contribution < 1.29 is 27.5 Å². The van der Waals surface area contributed by atoms with Gasteiger partial charge in [-0.15, -0.1) is 0 Å². The largest absolute Gasteiger partial charge is 0.423 e. The second kappa shape index (κ2) is 6.88. The standard InChI is InChI=1S/C18H18F3N5O2/c1-10-3-4-11(17(28,9-27)18(19,20)21)7-12(10)13-8-23-16(22)15(25-13)14-5-6-24-26(14)2/h3-8,27-28H,9H2,1-2H3,(H2,22,23)/t17-/m0/s1/i2D3. The SMILES string of the molecule is [2H]C([2H])([2H])n1nccc1-c1nc(-c2cc([C@@](O)(CO)C(F)(F)F)ccc2C)cnc1N. The van der Waals surface area contributed by atoms with Gasteiger partial charge in [0.15, 0.2) is 5.82 Å². The van der Waals surface area contributed by atoms with Crippen LogP contribution >= 0.6 is 0 Å². The lowest BCUT2D eigenvalue weighted by Crippen LogP contribution is -2.45. The van der Waals surface area contributed by atoms with Gasteiger partial charge in [-0.05, 0) is 30.2 Å². The fourth-order valence-corrected chi connectivity index (χ4v) is 2.70. The van der Waals surface area contributed by atoms with Crippen LogP contribution < -0.4 is 5.73 Å². The van der Waals surface area contributed by atoms with Crippen molar-refractivity contribution in [2.24, 2.45) is 6.98 Å². The number of aromatic nitrogens is 4. The first-order chi connectivity index (χ1) is 14.3. The van der Waals surface area contributed by atoms with Gasteiger partial charge in [-0.2, -0.15) is 18.3 Å². The Kier molecular flexibility index (Phi) is 3.93. The molecule has 0 amide bonds. The number of alkyl halides is 3. The van der Waals surface area contributed by atoms with Crippen molar-refractivity contribution in [3.63, 3.8) is 0 Å². The highest BCUT2D eigenvalue weighted by Crippen LogP contribution is 2.40. The van der Waals surface area contributed by atoms with E-state index < -0.39 is 30.9 Å². The molecule has 3 aromatic rings. The molecule has 2 aromatic heterocycles. The maximum Gasteiger partial charge on any atom is 0.423 e. The van der Waals surface area contributed by atoms with Crippen molar-refractivity contribution in [3.05, 3.63) is 47.8 Å². The molecule has 10 heteroatoms. The lowest BCUT2D eigenvalue weighted by molar-refractivity contribution is -0.277.